The van der Waals surface area contributed by atoms with Crippen LogP contribution in [0.5, 0.6) is 5.75 Å². The molecule has 102 valence electrons. The Hall–Kier alpha value is -2.37. The number of benzene rings is 1. The second-order valence-electron chi connectivity index (χ2n) is 3.96. The lowest BCUT2D eigenvalue weighted by Crippen LogP contribution is -2.26. The number of nitro groups is 1. The molecule has 0 fully saturated rings. The maximum Gasteiger partial charge on any atom is 0.351 e. The Kier molecular flexibility index (Phi) is 4.63. The van der Waals surface area contributed by atoms with Gasteiger partial charge >= 0.3 is 5.97 Å². The van der Waals surface area contributed by atoms with Gasteiger partial charge in [-0.25, -0.2) is 4.79 Å². The molecule has 0 saturated carbocycles. The highest BCUT2D eigenvalue weighted by molar-refractivity contribution is 5.77. The van der Waals surface area contributed by atoms with Crippen molar-refractivity contribution in [2.45, 2.75) is 20.0 Å². The van der Waals surface area contributed by atoms with E-state index in [0.717, 1.165) is 0 Å². The maximum atomic E-state index is 11.4. The van der Waals surface area contributed by atoms with E-state index in [4.69, 9.17) is 4.74 Å². The number of hydrogen-bond acceptors (Lipinski definition) is 5. The molecular weight excluding hydrogens is 250 g/mol. The van der Waals surface area contributed by atoms with E-state index in [-0.39, 0.29) is 11.4 Å². The molecular formula is C13H15NO5. The van der Waals surface area contributed by atoms with Crippen molar-refractivity contribution in [3.05, 3.63) is 46.0 Å². The van der Waals surface area contributed by atoms with E-state index < -0.39 is 17.0 Å². The lowest BCUT2D eigenvalue weighted by atomic mass is 10.1. The fourth-order valence-electron chi connectivity index (χ4n) is 1.59. The van der Waals surface area contributed by atoms with Crippen LogP contribution in [-0.2, 0) is 9.53 Å². The molecule has 19 heavy (non-hydrogen) atoms. The van der Waals surface area contributed by atoms with Crippen molar-refractivity contribution in [2.24, 2.45) is 0 Å². The highest BCUT2D eigenvalue weighted by atomic mass is 16.6. The summed E-state index contributed by atoms with van der Waals surface area (Å²) in [5.41, 5.74) is 1.16. The molecule has 0 aliphatic heterocycles. The van der Waals surface area contributed by atoms with Crippen molar-refractivity contribution in [1.29, 1.82) is 0 Å². The molecule has 1 unspecified atom stereocenters. The van der Waals surface area contributed by atoms with Gasteiger partial charge in [-0.1, -0.05) is 6.58 Å². The van der Waals surface area contributed by atoms with Gasteiger partial charge in [0.1, 0.15) is 5.75 Å². The third-order valence-electron chi connectivity index (χ3n) is 2.59. The number of aryl methyl sites for hydroxylation is 2. The molecule has 0 aromatic heterocycles. The molecule has 0 radical (unpaired) electrons. The summed E-state index contributed by atoms with van der Waals surface area (Å²) in [4.78, 5) is 21.8. The Morgan fingerprint density at radius 3 is 2.53 bits per heavy atom. The predicted molar refractivity (Wildman–Crippen MR) is 69.2 cm³/mol. The fourth-order valence-corrected chi connectivity index (χ4v) is 1.59. The molecule has 1 aromatic rings. The Balaban J connectivity index is 3.13. The lowest BCUT2D eigenvalue weighted by Gasteiger charge is -2.15. The Bertz CT molecular complexity index is 524. The summed E-state index contributed by atoms with van der Waals surface area (Å²) >= 11 is 0. The fraction of sp³-hybridized carbons (Fsp3) is 0.308. The van der Waals surface area contributed by atoms with Crippen molar-refractivity contribution in [1.82, 2.24) is 0 Å². The lowest BCUT2D eigenvalue weighted by molar-refractivity contribution is -0.385. The summed E-state index contributed by atoms with van der Waals surface area (Å²) in [6.45, 7) is 6.85. The quantitative estimate of drug-likeness (QED) is 0.353. The SMILES string of the molecule is C=CC(Oc1cc([N+](=O)[O-])c(C)cc1C)C(=O)OC. The molecule has 6 heteroatoms. The zero-order valence-electron chi connectivity index (χ0n) is 11.0. The molecule has 0 heterocycles. The molecule has 0 aliphatic carbocycles. The smallest absolute Gasteiger partial charge is 0.351 e. The number of methoxy groups -OCH3 is 1. The zero-order chi connectivity index (χ0) is 14.6. The largest absolute Gasteiger partial charge is 0.474 e. The van der Waals surface area contributed by atoms with E-state index in [1.54, 1.807) is 19.9 Å². The Labute approximate surface area is 110 Å². The average Bonchev–Trinajstić information content (AvgIpc) is 2.36. The number of carbonyl (C=O) groups is 1. The Morgan fingerprint density at radius 1 is 1.42 bits per heavy atom. The monoisotopic (exact) mass is 265 g/mol. The topological polar surface area (TPSA) is 78.7 Å². The highest BCUT2D eigenvalue weighted by Gasteiger charge is 2.21. The van der Waals surface area contributed by atoms with Crippen LogP contribution in [0.15, 0.2) is 24.8 Å². The number of ether oxygens (including phenoxy) is 2. The number of carbonyl (C=O) groups excluding carboxylic acids is 1. The molecule has 6 nitrogen and oxygen atoms in total. The van der Waals surface area contributed by atoms with Crippen LogP contribution in [-0.4, -0.2) is 24.1 Å². The van der Waals surface area contributed by atoms with Crippen LogP contribution in [0.2, 0.25) is 0 Å². The number of nitro benzene ring substituents is 1. The van der Waals surface area contributed by atoms with Crippen LogP contribution >= 0.6 is 0 Å². The first-order valence-electron chi connectivity index (χ1n) is 5.53. The predicted octanol–water partition coefficient (Wildman–Crippen LogP) is 2.32. The van der Waals surface area contributed by atoms with Crippen molar-refractivity contribution in [3.63, 3.8) is 0 Å². The van der Waals surface area contributed by atoms with Gasteiger partial charge in [-0.2, -0.15) is 0 Å². The van der Waals surface area contributed by atoms with Gasteiger partial charge in [0.15, 0.2) is 0 Å². The minimum atomic E-state index is -0.994. The number of hydrogen-bond donors (Lipinski definition) is 0. The van der Waals surface area contributed by atoms with E-state index in [0.29, 0.717) is 11.1 Å². The van der Waals surface area contributed by atoms with Gasteiger partial charge in [-0.15, -0.1) is 0 Å². The molecule has 0 aliphatic rings. The van der Waals surface area contributed by atoms with Gasteiger partial charge in [0, 0.05) is 5.56 Å². The third-order valence-corrected chi connectivity index (χ3v) is 2.59. The summed E-state index contributed by atoms with van der Waals surface area (Å²) < 4.78 is 9.94. The van der Waals surface area contributed by atoms with Crippen molar-refractivity contribution in [2.75, 3.05) is 7.11 Å². The number of nitrogens with zero attached hydrogens (tertiary/aromatic N) is 1. The summed E-state index contributed by atoms with van der Waals surface area (Å²) in [7, 11) is 1.23. The van der Waals surface area contributed by atoms with Gasteiger partial charge in [0.05, 0.1) is 18.1 Å². The molecule has 0 amide bonds. The second kappa shape index (κ2) is 5.99. The molecule has 0 N–H and O–H groups in total. The van der Waals surface area contributed by atoms with Crippen molar-refractivity contribution in [3.8, 4) is 5.75 Å². The van der Waals surface area contributed by atoms with Gasteiger partial charge in [0.25, 0.3) is 5.69 Å². The summed E-state index contributed by atoms with van der Waals surface area (Å²) in [5, 5.41) is 10.9. The minimum absolute atomic E-state index is 0.0618. The van der Waals surface area contributed by atoms with Crippen LogP contribution in [0.4, 0.5) is 5.69 Å². The van der Waals surface area contributed by atoms with Crippen LogP contribution in [0, 0.1) is 24.0 Å². The highest BCUT2D eigenvalue weighted by Crippen LogP contribution is 2.28. The van der Waals surface area contributed by atoms with Crippen molar-refractivity contribution >= 4 is 11.7 Å². The molecule has 0 saturated heterocycles. The van der Waals surface area contributed by atoms with E-state index in [9.17, 15) is 14.9 Å². The van der Waals surface area contributed by atoms with Crippen LogP contribution in [0.25, 0.3) is 0 Å². The molecule has 1 aromatic carbocycles. The summed E-state index contributed by atoms with van der Waals surface area (Å²) in [5.74, 6) is -0.356. The second-order valence-corrected chi connectivity index (χ2v) is 3.96. The van der Waals surface area contributed by atoms with Crippen LogP contribution in [0.3, 0.4) is 0 Å². The van der Waals surface area contributed by atoms with Crippen molar-refractivity contribution < 1.29 is 19.2 Å². The van der Waals surface area contributed by atoms with Crippen LogP contribution in [0.1, 0.15) is 11.1 Å². The number of esters is 1. The van der Waals surface area contributed by atoms with E-state index in [1.165, 1.54) is 19.3 Å². The zero-order valence-corrected chi connectivity index (χ0v) is 11.0. The average molecular weight is 265 g/mol. The molecule has 1 atom stereocenters. The maximum absolute atomic E-state index is 11.4. The van der Waals surface area contributed by atoms with E-state index in [2.05, 4.69) is 11.3 Å². The van der Waals surface area contributed by atoms with Gasteiger partial charge in [0.2, 0.25) is 6.10 Å². The van der Waals surface area contributed by atoms with Gasteiger partial charge in [-0.3, -0.25) is 10.1 Å². The third kappa shape index (κ3) is 3.31. The molecule has 0 spiro atoms. The summed E-state index contributed by atoms with van der Waals surface area (Å²) in [6.07, 6.45) is 0.280. The standard InChI is InChI=1S/C13H15NO5/c1-5-11(13(15)18-4)19-12-7-10(14(16)17)8(2)6-9(12)3/h5-7,11H,1H2,2-4H3. The Morgan fingerprint density at radius 2 is 2.05 bits per heavy atom. The van der Waals surface area contributed by atoms with Gasteiger partial charge in [-0.05, 0) is 31.6 Å². The molecule has 0 bridgehead atoms. The molecule has 1 rings (SSSR count). The normalized spacial score (nSPS) is 11.5. The van der Waals surface area contributed by atoms with E-state index >= 15 is 0 Å². The first-order chi connectivity index (χ1) is 8.90. The van der Waals surface area contributed by atoms with Gasteiger partial charge < -0.3 is 9.47 Å². The van der Waals surface area contributed by atoms with E-state index in [1.807, 2.05) is 0 Å². The first kappa shape index (κ1) is 14.7. The summed E-state index contributed by atoms with van der Waals surface area (Å²) in [6, 6.07) is 2.93. The minimum Gasteiger partial charge on any atom is -0.474 e. The van der Waals surface area contributed by atoms with Crippen LogP contribution < -0.4 is 4.74 Å². The number of rotatable bonds is 5. The first-order valence-corrected chi connectivity index (χ1v) is 5.53.